The van der Waals surface area contributed by atoms with Crippen molar-refractivity contribution in [2.45, 2.75) is 43.8 Å². The van der Waals surface area contributed by atoms with Gasteiger partial charge in [0.15, 0.2) is 0 Å². The summed E-state index contributed by atoms with van der Waals surface area (Å²) in [6, 6.07) is 2.81. The predicted octanol–water partition coefficient (Wildman–Crippen LogP) is 1.94. The van der Waals surface area contributed by atoms with Gasteiger partial charge in [0.1, 0.15) is 12.4 Å². The van der Waals surface area contributed by atoms with Crippen LogP contribution < -0.4 is 4.72 Å². The first-order chi connectivity index (χ1) is 9.12. The SMILES string of the molecule is O=S(=O)(NCCC1=CCCCC1)c1ccc(CO)o1. The summed E-state index contributed by atoms with van der Waals surface area (Å²) in [4.78, 5) is 0. The van der Waals surface area contributed by atoms with E-state index in [-0.39, 0.29) is 17.5 Å². The third-order valence-electron chi connectivity index (χ3n) is 3.18. The highest BCUT2D eigenvalue weighted by atomic mass is 32.2. The summed E-state index contributed by atoms with van der Waals surface area (Å²) in [5.74, 6) is 0.246. The molecule has 1 aromatic heterocycles. The Labute approximate surface area is 113 Å². The maximum absolute atomic E-state index is 11.9. The first kappa shape index (κ1) is 14.3. The number of furan rings is 1. The third-order valence-corrected chi connectivity index (χ3v) is 4.51. The van der Waals surface area contributed by atoms with Crippen molar-refractivity contribution < 1.29 is 17.9 Å². The van der Waals surface area contributed by atoms with Gasteiger partial charge in [-0.2, -0.15) is 0 Å². The molecule has 0 saturated heterocycles. The van der Waals surface area contributed by atoms with Gasteiger partial charge in [0.2, 0.25) is 5.09 Å². The standard InChI is InChI=1S/C13H19NO4S/c15-10-12-6-7-13(18-12)19(16,17)14-9-8-11-4-2-1-3-5-11/h4,6-7,14-15H,1-3,5,8-10H2. The van der Waals surface area contributed by atoms with E-state index in [1.54, 1.807) is 0 Å². The molecule has 1 aromatic rings. The van der Waals surface area contributed by atoms with Crippen LogP contribution in [0.1, 0.15) is 37.9 Å². The molecule has 0 bridgehead atoms. The van der Waals surface area contributed by atoms with E-state index in [2.05, 4.69) is 10.8 Å². The van der Waals surface area contributed by atoms with Crippen molar-refractivity contribution in [1.29, 1.82) is 0 Å². The van der Waals surface area contributed by atoms with E-state index in [1.807, 2.05) is 0 Å². The Morgan fingerprint density at radius 3 is 2.79 bits per heavy atom. The van der Waals surface area contributed by atoms with E-state index in [9.17, 15) is 8.42 Å². The molecule has 0 saturated carbocycles. The number of rotatable bonds is 6. The van der Waals surface area contributed by atoms with Gasteiger partial charge in [-0.15, -0.1) is 0 Å². The van der Waals surface area contributed by atoms with Crippen molar-refractivity contribution in [1.82, 2.24) is 4.72 Å². The van der Waals surface area contributed by atoms with Gasteiger partial charge in [0, 0.05) is 6.54 Å². The van der Waals surface area contributed by atoms with Crippen LogP contribution in [0.5, 0.6) is 0 Å². The van der Waals surface area contributed by atoms with E-state index in [0.717, 1.165) is 19.3 Å². The number of aliphatic hydroxyl groups is 1. The molecular formula is C13H19NO4S. The zero-order valence-electron chi connectivity index (χ0n) is 10.8. The van der Waals surface area contributed by atoms with E-state index in [0.29, 0.717) is 6.54 Å². The largest absolute Gasteiger partial charge is 0.446 e. The van der Waals surface area contributed by atoms with Gasteiger partial charge in [0.25, 0.3) is 10.0 Å². The Balaban J connectivity index is 1.88. The first-order valence-electron chi connectivity index (χ1n) is 6.49. The Morgan fingerprint density at radius 2 is 2.16 bits per heavy atom. The lowest BCUT2D eigenvalue weighted by Crippen LogP contribution is -2.24. The molecule has 19 heavy (non-hydrogen) atoms. The Kier molecular flexibility index (Phi) is 4.79. The fourth-order valence-corrected chi connectivity index (χ4v) is 3.11. The van der Waals surface area contributed by atoms with Gasteiger partial charge in [-0.05, 0) is 44.2 Å². The fraction of sp³-hybridized carbons (Fsp3) is 0.538. The van der Waals surface area contributed by atoms with Crippen molar-refractivity contribution >= 4 is 10.0 Å². The van der Waals surface area contributed by atoms with Crippen LogP contribution in [0.25, 0.3) is 0 Å². The van der Waals surface area contributed by atoms with Crippen LogP contribution in [0.4, 0.5) is 0 Å². The number of sulfonamides is 1. The van der Waals surface area contributed by atoms with Gasteiger partial charge < -0.3 is 9.52 Å². The lowest BCUT2D eigenvalue weighted by molar-refractivity contribution is 0.236. The van der Waals surface area contributed by atoms with Crippen LogP contribution in [0.3, 0.4) is 0 Å². The van der Waals surface area contributed by atoms with E-state index < -0.39 is 10.0 Å². The molecule has 2 rings (SSSR count). The lowest BCUT2D eigenvalue weighted by Gasteiger charge is -2.12. The molecule has 0 fully saturated rings. The Morgan fingerprint density at radius 1 is 1.32 bits per heavy atom. The van der Waals surface area contributed by atoms with Crippen molar-refractivity contribution in [3.05, 3.63) is 29.5 Å². The zero-order valence-corrected chi connectivity index (χ0v) is 11.6. The minimum atomic E-state index is -3.61. The number of hydrogen-bond acceptors (Lipinski definition) is 4. The van der Waals surface area contributed by atoms with Crippen LogP contribution in [-0.4, -0.2) is 20.1 Å². The molecule has 0 unspecified atom stereocenters. The van der Waals surface area contributed by atoms with Gasteiger partial charge in [-0.25, -0.2) is 13.1 Å². The van der Waals surface area contributed by atoms with Crippen LogP contribution in [0, 0.1) is 0 Å². The minimum absolute atomic E-state index is 0.144. The maximum atomic E-state index is 11.9. The lowest BCUT2D eigenvalue weighted by atomic mass is 9.97. The summed E-state index contributed by atoms with van der Waals surface area (Å²) in [5.41, 5.74) is 1.32. The normalized spacial score (nSPS) is 16.4. The molecule has 0 amide bonds. The van der Waals surface area contributed by atoms with Gasteiger partial charge in [0.05, 0.1) is 0 Å². The molecule has 0 spiro atoms. The monoisotopic (exact) mass is 285 g/mol. The summed E-state index contributed by atoms with van der Waals surface area (Å²) in [6.07, 6.45) is 7.53. The smallest absolute Gasteiger partial charge is 0.273 e. The van der Waals surface area contributed by atoms with E-state index in [1.165, 1.54) is 30.5 Å². The minimum Gasteiger partial charge on any atom is -0.446 e. The summed E-state index contributed by atoms with van der Waals surface area (Å²) in [6.45, 7) is 0.0751. The Hall–Kier alpha value is -1.11. The van der Waals surface area contributed by atoms with Gasteiger partial charge in [-0.3, -0.25) is 0 Å². The highest BCUT2D eigenvalue weighted by Crippen LogP contribution is 2.20. The van der Waals surface area contributed by atoms with Gasteiger partial charge in [-0.1, -0.05) is 11.6 Å². The number of aliphatic hydroxyl groups excluding tert-OH is 1. The summed E-state index contributed by atoms with van der Waals surface area (Å²) < 4.78 is 31.3. The van der Waals surface area contributed by atoms with Crippen LogP contribution >= 0.6 is 0 Å². The highest BCUT2D eigenvalue weighted by Gasteiger charge is 2.18. The highest BCUT2D eigenvalue weighted by molar-refractivity contribution is 7.89. The number of nitrogens with one attached hydrogen (secondary N) is 1. The number of hydrogen-bond donors (Lipinski definition) is 2. The molecule has 2 N–H and O–H groups in total. The third kappa shape index (κ3) is 3.92. The molecule has 0 aromatic carbocycles. The average Bonchev–Trinajstić information content (AvgIpc) is 2.89. The molecule has 5 nitrogen and oxygen atoms in total. The molecule has 0 atom stereocenters. The van der Waals surface area contributed by atoms with Crippen LogP contribution in [-0.2, 0) is 16.6 Å². The quantitative estimate of drug-likeness (QED) is 0.783. The summed E-state index contributed by atoms with van der Waals surface area (Å²) in [7, 11) is -3.61. The average molecular weight is 285 g/mol. The summed E-state index contributed by atoms with van der Waals surface area (Å²) >= 11 is 0. The molecule has 1 aliphatic carbocycles. The molecule has 0 radical (unpaired) electrons. The maximum Gasteiger partial charge on any atom is 0.273 e. The second-order valence-corrected chi connectivity index (χ2v) is 6.33. The zero-order chi connectivity index (χ0) is 13.7. The molecular weight excluding hydrogens is 266 g/mol. The Bertz CT molecular complexity index is 545. The topological polar surface area (TPSA) is 79.5 Å². The van der Waals surface area contributed by atoms with Crippen molar-refractivity contribution in [3.8, 4) is 0 Å². The van der Waals surface area contributed by atoms with Gasteiger partial charge >= 0.3 is 0 Å². The fourth-order valence-electron chi connectivity index (χ4n) is 2.14. The molecule has 1 aliphatic rings. The molecule has 6 heteroatoms. The molecule has 0 aliphatic heterocycles. The number of allylic oxidation sites excluding steroid dienone is 1. The van der Waals surface area contributed by atoms with Crippen molar-refractivity contribution in [3.63, 3.8) is 0 Å². The van der Waals surface area contributed by atoms with Crippen molar-refractivity contribution in [2.75, 3.05) is 6.54 Å². The van der Waals surface area contributed by atoms with E-state index >= 15 is 0 Å². The second-order valence-electron chi connectivity index (χ2n) is 4.63. The van der Waals surface area contributed by atoms with Crippen LogP contribution in [0.15, 0.2) is 33.3 Å². The van der Waals surface area contributed by atoms with Crippen LogP contribution in [0.2, 0.25) is 0 Å². The molecule has 1 heterocycles. The molecule has 106 valence electrons. The second kappa shape index (κ2) is 6.36. The first-order valence-corrected chi connectivity index (χ1v) is 7.97. The van der Waals surface area contributed by atoms with E-state index in [4.69, 9.17) is 9.52 Å². The summed E-state index contributed by atoms with van der Waals surface area (Å²) in [5, 5.41) is 8.70. The predicted molar refractivity (Wildman–Crippen MR) is 71.0 cm³/mol. The van der Waals surface area contributed by atoms with Crippen molar-refractivity contribution in [2.24, 2.45) is 0 Å².